The Hall–Kier alpha value is -2.06. The number of benzene rings is 1. The molecule has 26 heavy (non-hydrogen) atoms. The first-order valence-electron chi connectivity index (χ1n) is 9.67. The monoisotopic (exact) mass is 358 g/mol. The average molecular weight is 358 g/mol. The van der Waals surface area contributed by atoms with Crippen LogP contribution < -0.4 is 10.1 Å². The van der Waals surface area contributed by atoms with Crippen molar-refractivity contribution in [1.29, 1.82) is 5.26 Å². The molecule has 5 heteroatoms. The molecule has 0 saturated heterocycles. The molecule has 1 N–H and O–H groups in total. The lowest BCUT2D eigenvalue weighted by molar-refractivity contribution is -0.147. The SMILES string of the molecule is CCCCOc1ccc(NC(=O)[C@@]2(OCC)CCC[C@H](C)C2)cc1C#N. The second-order valence-electron chi connectivity index (χ2n) is 7.11. The fourth-order valence-corrected chi connectivity index (χ4v) is 3.57. The van der Waals surface area contributed by atoms with Crippen LogP contribution >= 0.6 is 0 Å². The van der Waals surface area contributed by atoms with Crippen LogP contribution in [0.3, 0.4) is 0 Å². The summed E-state index contributed by atoms with van der Waals surface area (Å²) in [6.07, 6.45) is 5.56. The summed E-state index contributed by atoms with van der Waals surface area (Å²) >= 11 is 0. The Kier molecular flexibility index (Phi) is 7.47. The van der Waals surface area contributed by atoms with Gasteiger partial charge in [0.2, 0.25) is 0 Å². The van der Waals surface area contributed by atoms with Gasteiger partial charge < -0.3 is 14.8 Å². The van der Waals surface area contributed by atoms with E-state index >= 15 is 0 Å². The topological polar surface area (TPSA) is 71.3 Å². The molecule has 0 unspecified atom stereocenters. The van der Waals surface area contributed by atoms with Crippen molar-refractivity contribution in [2.24, 2.45) is 5.92 Å². The quantitative estimate of drug-likeness (QED) is 0.686. The first kappa shape index (κ1) is 20.3. The molecule has 1 amide bonds. The van der Waals surface area contributed by atoms with E-state index in [9.17, 15) is 10.1 Å². The molecular formula is C21H30N2O3. The number of anilines is 1. The average Bonchev–Trinajstić information content (AvgIpc) is 2.63. The van der Waals surface area contributed by atoms with Crippen molar-refractivity contribution >= 4 is 11.6 Å². The first-order chi connectivity index (χ1) is 12.5. The third kappa shape index (κ3) is 4.98. The normalized spacial score (nSPS) is 22.5. The highest BCUT2D eigenvalue weighted by atomic mass is 16.5. The predicted molar refractivity (Wildman–Crippen MR) is 102 cm³/mol. The highest BCUT2D eigenvalue weighted by molar-refractivity contribution is 5.97. The second kappa shape index (κ2) is 9.59. The van der Waals surface area contributed by atoms with Gasteiger partial charge in [0.25, 0.3) is 5.91 Å². The molecule has 1 fully saturated rings. The molecule has 1 saturated carbocycles. The van der Waals surface area contributed by atoms with Gasteiger partial charge in [0, 0.05) is 12.3 Å². The lowest BCUT2D eigenvalue weighted by Gasteiger charge is -2.38. The Labute approximate surface area is 156 Å². The smallest absolute Gasteiger partial charge is 0.256 e. The van der Waals surface area contributed by atoms with Crippen LogP contribution in [-0.4, -0.2) is 24.7 Å². The zero-order chi connectivity index (χ0) is 19.0. The van der Waals surface area contributed by atoms with Gasteiger partial charge in [0.05, 0.1) is 12.2 Å². The summed E-state index contributed by atoms with van der Waals surface area (Å²) in [7, 11) is 0. The summed E-state index contributed by atoms with van der Waals surface area (Å²) in [6, 6.07) is 7.36. The lowest BCUT2D eigenvalue weighted by atomic mass is 9.78. The number of nitrogens with one attached hydrogen (secondary N) is 1. The van der Waals surface area contributed by atoms with E-state index in [1.165, 1.54) is 0 Å². The fourth-order valence-electron chi connectivity index (χ4n) is 3.57. The van der Waals surface area contributed by atoms with Crippen LogP contribution in [-0.2, 0) is 9.53 Å². The molecule has 0 radical (unpaired) electrons. The number of amides is 1. The van der Waals surface area contributed by atoms with Crippen LogP contribution in [0.2, 0.25) is 0 Å². The number of carbonyl (C=O) groups is 1. The maximum atomic E-state index is 13.0. The van der Waals surface area contributed by atoms with Gasteiger partial charge in [-0.3, -0.25) is 4.79 Å². The van der Waals surface area contributed by atoms with E-state index in [0.29, 0.717) is 36.1 Å². The number of rotatable bonds is 8. The largest absolute Gasteiger partial charge is 0.492 e. The van der Waals surface area contributed by atoms with Crippen LogP contribution in [0.5, 0.6) is 5.75 Å². The molecule has 0 bridgehead atoms. The van der Waals surface area contributed by atoms with Gasteiger partial charge >= 0.3 is 0 Å². The van der Waals surface area contributed by atoms with Crippen molar-refractivity contribution in [2.75, 3.05) is 18.5 Å². The van der Waals surface area contributed by atoms with E-state index < -0.39 is 5.60 Å². The van der Waals surface area contributed by atoms with Crippen molar-refractivity contribution < 1.29 is 14.3 Å². The molecule has 0 aromatic heterocycles. The Morgan fingerprint density at radius 3 is 2.88 bits per heavy atom. The predicted octanol–water partition coefficient (Wildman–Crippen LogP) is 4.66. The number of unbranched alkanes of at least 4 members (excludes halogenated alkanes) is 1. The molecule has 1 aromatic rings. The molecule has 142 valence electrons. The molecule has 5 nitrogen and oxygen atoms in total. The Morgan fingerprint density at radius 2 is 2.23 bits per heavy atom. The molecule has 1 aliphatic rings. The molecule has 0 aliphatic heterocycles. The first-order valence-corrected chi connectivity index (χ1v) is 9.67. The summed E-state index contributed by atoms with van der Waals surface area (Å²) in [5.41, 5.74) is 0.267. The zero-order valence-electron chi connectivity index (χ0n) is 16.1. The van der Waals surface area contributed by atoms with Gasteiger partial charge in [-0.25, -0.2) is 0 Å². The van der Waals surface area contributed by atoms with Crippen molar-refractivity contribution in [3.8, 4) is 11.8 Å². The van der Waals surface area contributed by atoms with Crippen LogP contribution in [0, 0.1) is 17.2 Å². The van der Waals surface area contributed by atoms with E-state index in [2.05, 4.69) is 25.2 Å². The molecule has 0 spiro atoms. The zero-order valence-corrected chi connectivity index (χ0v) is 16.1. The van der Waals surface area contributed by atoms with E-state index in [1.54, 1.807) is 18.2 Å². The number of nitrogens with zero attached hydrogens (tertiary/aromatic N) is 1. The van der Waals surface area contributed by atoms with Gasteiger partial charge in [0.1, 0.15) is 17.4 Å². The number of carbonyl (C=O) groups excluding carboxylic acids is 1. The van der Waals surface area contributed by atoms with Gasteiger partial charge in [-0.05, 0) is 56.7 Å². The van der Waals surface area contributed by atoms with Crippen molar-refractivity contribution in [1.82, 2.24) is 0 Å². The summed E-state index contributed by atoms with van der Waals surface area (Å²) in [5, 5.41) is 12.3. The third-order valence-electron chi connectivity index (χ3n) is 4.90. The van der Waals surface area contributed by atoms with E-state index in [4.69, 9.17) is 9.47 Å². The molecule has 1 aromatic carbocycles. The van der Waals surface area contributed by atoms with Gasteiger partial charge in [0.15, 0.2) is 0 Å². The Bertz CT molecular complexity index is 649. The fraction of sp³-hybridized carbons (Fsp3) is 0.619. The molecule has 0 heterocycles. The summed E-state index contributed by atoms with van der Waals surface area (Å²) in [6.45, 7) is 7.27. The molecule has 2 atom stereocenters. The standard InChI is InChI=1S/C21H30N2O3/c1-4-6-12-25-19-10-9-18(13-17(19)15-22)23-20(24)21(26-5-2)11-7-8-16(3)14-21/h9-10,13,16H,4-8,11-12,14H2,1-3H3,(H,23,24)/t16-,21+/m0/s1. The van der Waals surface area contributed by atoms with Gasteiger partial charge in [-0.15, -0.1) is 0 Å². The minimum absolute atomic E-state index is 0.116. The number of ether oxygens (including phenoxy) is 2. The van der Waals surface area contributed by atoms with E-state index in [-0.39, 0.29) is 5.91 Å². The Morgan fingerprint density at radius 1 is 1.42 bits per heavy atom. The third-order valence-corrected chi connectivity index (χ3v) is 4.90. The van der Waals surface area contributed by atoms with E-state index in [0.717, 1.165) is 38.5 Å². The number of hydrogen-bond acceptors (Lipinski definition) is 4. The number of hydrogen-bond donors (Lipinski definition) is 1. The van der Waals surface area contributed by atoms with Crippen LogP contribution in [0.1, 0.15) is 64.9 Å². The second-order valence-corrected chi connectivity index (χ2v) is 7.11. The van der Waals surface area contributed by atoms with Crippen LogP contribution in [0.4, 0.5) is 5.69 Å². The van der Waals surface area contributed by atoms with Crippen molar-refractivity contribution in [3.05, 3.63) is 23.8 Å². The maximum absolute atomic E-state index is 13.0. The summed E-state index contributed by atoms with van der Waals surface area (Å²) in [4.78, 5) is 13.0. The number of nitriles is 1. The maximum Gasteiger partial charge on any atom is 0.256 e. The Balaban J connectivity index is 2.13. The van der Waals surface area contributed by atoms with Crippen LogP contribution in [0.25, 0.3) is 0 Å². The minimum atomic E-state index is -0.768. The van der Waals surface area contributed by atoms with Crippen LogP contribution in [0.15, 0.2) is 18.2 Å². The minimum Gasteiger partial charge on any atom is -0.492 e. The van der Waals surface area contributed by atoms with Gasteiger partial charge in [-0.2, -0.15) is 5.26 Å². The van der Waals surface area contributed by atoms with Gasteiger partial charge in [-0.1, -0.05) is 26.7 Å². The van der Waals surface area contributed by atoms with Crippen molar-refractivity contribution in [3.63, 3.8) is 0 Å². The van der Waals surface area contributed by atoms with E-state index in [1.807, 2.05) is 6.92 Å². The highest BCUT2D eigenvalue weighted by Crippen LogP contribution is 2.36. The summed E-state index contributed by atoms with van der Waals surface area (Å²) < 4.78 is 11.6. The van der Waals surface area contributed by atoms with Crippen molar-refractivity contribution in [2.45, 2.75) is 64.9 Å². The molecular weight excluding hydrogens is 328 g/mol. The molecule has 2 rings (SSSR count). The highest BCUT2D eigenvalue weighted by Gasteiger charge is 2.42. The molecule has 1 aliphatic carbocycles. The summed E-state index contributed by atoms with van der Waals surface area (Å²) in [5.74, 6) is 0.907. The lowest BCUT2D eigenvalue weighted by Crippen LogP contribution is -2.48.